The highest BCUT2D eigenvalue weighted by molar-refractivity contribution is 9.10. The van der Waals surface area contributed by atoms with Gasteiger partial charge in [0.25, 0.3) is 5.91 Å². The summed E-state index contributed by atoms with van der Waals surface area (Å²) in [6.07, 6.45) is 2.16. The molecular formula is C17H26BrN3O. The van der Waals surface area contributed by atoms with Crippen molar-refractivity contribution >= 4 is 27.5 Å². The van der Waals surface area contributed by atoms with Gasteiger partial charge >= 0.3 is 0 Å². The Balaban J connectivity index is 1.92. The molecule has 1 aromatic rings. The van der Waals surface area contributed by atoms with Crippen LogP contribution in [-0.2, 0) is 0 Å². The first-order chi connectivity index (χ1) is 10.5. The number of halogens is 1. The van der Waals surface area contributed by atoms with E-state index in [4.69, 9.17) is 5.73 Å². The first-order valence-corrected chi connectivity index (χ1v) is 8.91. The number of benzene rings is 1. The highest BCUT2D eigenvalue weighted by Gasteiger charge is 2.25. The molecule has 0 saturated carbocycles. The van der Waals surface area contributed by atoms with Gasteiger partial charge in [-0.1, -0.05) is 29.8 Å². The number of carbonyl (C=O) groups excluding carboxylic acids is 1. The molecule has 0 bridgehead atoms. The van der Waals surface area contributed by atoms with Crippen molar-refractivity contribution in [3.8, 4) is 0 Å². The van der Waals surface area contributed by atoms with Gasteiger partial charge in [0.15, 0.2) is 0 Å². The van der Waals surface area contributed by atoms with Crippen LogP contribution in [0.5, 0.6) is 0 Å². The van der Waals surface area contributed by atoms with Crippen molar-refractivity contribution in [2.75, 3.05) is 38.5 Å². The largest absolute Gasteiger partial charge is 0.398 e. The number of piperidine rings is 1. The summed E-state index contributed by atoms with van der Waals surface area (Å²) < 4.78 is 0.902. The summed E-state index contributed by atoms with van der Waals surface area (Å²) in [5, 5.41) is 0. The molecule has 0 atom stereocenters. The molecular weight excluding hydrogens is 342 g/mol. The van der Waals surface area contributed by atoms with Crippen molar-refractivity contribution in [2.45, 2.75) is 26.7 Å². The second-order valence-electron chi connectivity index (χ2n) is 5.95. The van der Waals surface area contributed by atoms with Gasteiger partial charge < -0.3 is 15.5 Å². The van der Waals surface area contributed by atoms with E-state index >= 15 is 0 Å². The Kier molecular flexibility index (Phi) is 6.26. The fourth-order valence-electron chi connectivity index (χ4n) is 3.06. The molecule has 1 saturated heterocycles. The van der Waals surface area contributed by atoms with Crippen LogP contribution in [0.15, 0.2) is 22.7 Å². The van der Waals surface area contributed by atoms with Gasteiger partial charge in [-0.05, 0) is 50.0 Å². The van der Waals surface area contributed by atoms with Gasteiger partial charge in [0.1, 0.15) is 0 Å². The van der Waals surface area contributed by atoms with E-state index in [1.54, 1.807) is 6.07 Å². The number of likely N-dealkylation sites (tertiary alicyclic amines) is 1. The van der Waals surface area contributed by atoms with E-state index in [2.05, 4.69) is 34.7 Å². The maximum absolute atomic E-state index is 12.6. The molecule has 5 heteroatoms. The molecule has 22 heavy (non-hydrogen) atoms. The quantitative estimate of drug-likeness (QED) is 0.812. The molecule has 2 N–H and O–H groups in total. The zero-order valence-corrected chi connectivity index (χ0v) is 15.1. The topological polar surface area (TPSA) is 49.6 Å². The number of rotatable bonds is 5. The minimum atomic E-state index is 0.0614. The van der Waals surface area contributed by atoms with Crippen LogP contribution in [0, 0.1) is 5.92 Å². The average Bonchev–Trinajstić information content (AvgIpc) is 2.52. The maximum Gasteiger partial charge on any atom is 0.255 e. The van der Waals surface area contributed by atoms with Gasteiger partial charge in [-0.2, -0.15) is 0 Å². The molecule has 122 valence electrons. The predicted molar refractivity (Wildman–Crippen MR) is 95.0 cm³/mol. The second kappa shape index (κ2) is 7.97. The number of hydrogen-bond donors (Lipinski definition) is 1. The molecule has 1 heterocycles. The Labute approximate surface area is 141 Å². The normalized spacial score (nSPS) is 16.3. The van der Waals surface area contributed by atoms with E-state index in [0.717, 1.165) is 50.0 Å². The molecule has 1 amide bonds. The van der Waals surface area contributed by atoms with E-state index in [0.29, 0.717) is 17.2 Å². The molecule has 0 aliphatic carbocycles. The number of nitrogens with two attached hydrogens (primary N) is 1. The third-order valence-electron chi connectivity index (χ3n) is 4.56. The van der Waals surface area contributed by atoms with Crippen LogP contribution in [0.25, 0.3) is 0 Å². The summed E-state index contributed by atoms with van der Waals surface area (Å²) in [5.74, 6) is 0.762. The lowest BCUT2D eigenvalue weighted by atomic mass is 9.95. The monoisotopic (exact) mass is 367 g/mol. The molecule has 1 aliphatic rings. The van der Waals surface area contributed by atoms with Crippen LogP contribution in [0.2, 0.25) is 0 Å². The molecule has 1 aromatic carbocycles. The lowest BCUT2D eigenvalue weighted by Crippen LogP contribution is -2.41. The smallest absolute Gasteiger partial charge is 0.255 e. The molecule has 1 fully saturated rings. The van der Waals surface area contributed by atoms with Crippen LogP contribution in [0.3, 0.4) is 0 Å². The Morgan fingerprint density at radius 3 is 2.50 bits per heavy atom. The third-order valence-corrected chi connectivity index (χ3v) is 5.05. The summed E-state index contributed by atoms with van der Waals surface area (Å²) in [5.41, 5.74) is 7.14. The summed E-state index contributed by atoms with van der Waals surface area (Å²) in [7, 11) is 0. The Morgan fingerprint density at radius 2 is 1.95 bits per heavy atom. The van der Waals surface area contributed by atoms with Gasteiger partial charge in [0.05, 0.1) is 5.56 Å². The van der Waals surface area contributed by atoms with Crippen LogP contribution in [0.1, 0.15) is 37.0 Å². The van der Waals surface area contributed by atoms with Gasteiger partial charge in [-0.3, -0.25) is 4.79 Å². The number of carbonyl (C=O) groups is 1. The summed E-state index contributed by atoms with van der Waals surface area (Å²) in [4.78, 5) is 17.0. The molecule has 4 nitrogen and oxygen atoms in total. The lowest BCUT2D eigenvalue weighted by Gasteiger charge is -2.34. The van der Waals surface area contributed by atoms with Gasteiger partial charge in [-0.25, -0.2) is 0 Å². The zero-order chi connectivity index (χ0) is 16.1. The Hall–Kier alpha value is -1.07. The van der Waals surface area contributed by atoms with Crippen molar-refractivity contribution < 1.29 is 4.79 Å². The summed E-state index contributed by atoms with van der Waals surface area (Å²) in [6.45, 7) is 9.43. The Bertz CT molecular complexity index is 509. The molecule has 1 aliphatic heterocycles. The summed E-state index contributed by atoms with van der Waals surface area (Å²) in [6, 6.07) is 5.47. The minimum Gasteiger partial charge on any atom is -0.398 e. The minimum absolute atomic E-state index is 0.0614. The maximum atomic E-state index is 12.6. The number of hydrogen-bond acceptors (Lipinski definition) is 3. The van der Waals surface area contributed by atoms with E-state index in [-0.39, 0.29) is 5.91 Å². The van der Waals surface area contributed by atoms with Gasteiger partial charge in [0.2, 0.25) is 0 Å². The number of anilines is 1. The zero-order valence-electron chi connectivity index (χ0n) is 13.5. The van der Waals surface area contributed by atoms with Gasteiger partial charge in [-0.15, -0.1) is 0 Å². The van der Waals surface area contributed by atoms with Crippen LogP contribution < -0.4 is 5.73 Å². The number of nitrogen functional groups attached to an aromatic ring is 1. The van der Waals surface area contributed by atoms with E-state index in [1.807, 2.05) is 17.0 Å². The van der Waals surface area contributed by atoms with E-state index in [1.165, 1.54) is 0 Å². The highest BCUT2D eigenvalue weighted by Crippen LogP contribution is 2.24. The molecule has 0 aromatic heterocycles. The average molecular weight is 368 g/mol. The van der Waals surface area contributed by atoms with Crippen molar-refractivity contribution in [3.63, 3.8) is 0 Å². The SMILES string of the molecule is CCN(CC)CC1CCN(C(=O)c2ccc(Br)cc2N)CC1. The highest BCUT2D eigenvalue weighted by atomic mass is 79.9. The van der Waals surface area contributed by atoms with Crippen molar-refractivity contribution in [1.82, 2.24) is 9.80 Å². The van der Waals surface area contributed by atoms with E-state index < -0.39 is 0 Å². The predicted octanol–water partition coefficient (Wildman–Crippen LogP) is 3.23. The standard InChI is InChI=1S/C17H26BrN3O/c1-3-20(4-2)12-13-7-9-21(10-8-13)17(22)15-6-5-14(18)11-16(15)19/h5-6,11,13H,3-4,7-10,12,19H2,1-2H3. The second-order valence-corrected chi connectivity index (χ2v) is 6.87. The fraction of sp³-hybridized carbons (Fsp3) is 0.588. The van der Waals surface area contributed by atoms with Crippen molar-refractivity contribution in [2.24, 2.45) is 5.92 Å². The molecule has 0 radical (unpaired) electrons. The Morgan fingerprint density at radius 1 is 1.32 bits per heavy atom. The third kappa shape index (κ3) is 4.23. The van der Waals surface area contributed by atoms with Crippen LogP contribution in [0.4, 0.5) is 5.69 Å². The number of nitrogens with zero attached hydrogens (tertiary/aromatic N) is 2. The lowest BCUT2D eigenvalue weighted by molar-refractivity contribution is 0.0670. The first-order valence-electron chi connectivity index (χ1n) is 8.11. The first kappa shape index (κ1) is 17.3. The van der Waals surface area contributed by atoms with Gasteiger partial charge in [0, 0.05) is 29.8 Å². The van der Waals surface area contributed by atoms with E-state index in [9.17, 15) is 4.79 Å². The summed E-state index contributed by atoms with van der Waals surface area (Å²) >= 11 is 3.38. The van der Waals surface area contributed by atoms with Crippen LogP contribution in [-0.4, -0.2) is 48.4 Å². The van der Waals surface area contributed by atoms with Crippen LogP contribution >= 0.6 is 15.9 Å². The number of amides is 1. The van der Waals surface area contributed by atoms with Crippen molar-refractivity contribution in [3.05, 3.63) is 28.2 Å². The molecule has 0 unspecified atom stereocenters. The molecule has 0 spiro atoms. The molecule has 2 rings (SSSR count). The van der Waals surface area contributed by atoms with Crippen molar-refractivity contribution in [1.29, 1.82) is 0 Å². The fourth-order valence-corrected chi connectivity index (χ4v) is 3.44.